The van der Waals surface area contributed by atoms with Gasteiger partial charge in [0, 0.05) is 56.2 Å². The van der Waals surface area contributed by atoms with Crippen molar-refractivity contribution >= 4 is 23.2 Å². The van der Waals surface area contributed by atoms with Crippen LogP contribution in [0, 0.1) is 0 Å². The number of likely N-dealkylation sites (tertiary alicyclic amines) is 1. The maximum absolute atomic E-state index is 12.7. The fourth-order valence-corrected chi connectivity index (χ4v) is 4.68. The zero-order valence-electron chi connectivity index (χ0n) is 16.7. The largest absolute Gasteiger partial charge is 0.375 e. The van der Waals surface area contributed by atoms with Crippen molar-refractivity contribution in [3.8, 4) is 0 Å². The summed E-state index contributed by atoms with van der Waals surface area (Å²) in [6.45, 7) is 9.82. The molecule has 0 saturated carbocycles. The highest BCUT2D eigenvalue weighted by Gasteiger charge is 2.30. The first-order valence-corrected chi connectivity index (χ1v) is 10.4. The van der Waals surface area contributed by atoms with Crippen LogP contribution >= 0.6 is 11.3 Å². The third-order valence-corrected chi connectivity index (χ3v) is 6.33. The Balaban J connectivity index is 1.61. The van der Waals surface area contributed by atoms with Gasteiger partial charge in [0.05, 0.1) is 5.69 Å². The standard InChI is InChI=1S/C19H30N4O3S/c1-19(2,3)23-9-7-14-15(11-23)27-18(21-14)17(25)20-13-6-5-8-22(10-13)16(24)12-26-4/h13H,5-12H2,1-4H3,(H,20,25)/t13-/m0/s1. The molecule has 1 atom stereocenters. The van der Waals surface area contributed by atoms with E-state index in [0.29, 0.717) is 11.6 Å². The summed E-state index contributed by atoms with van der Waals surface area (Å²) in [5, 5.41) is 3.61. The Morgan fingerprint density at radius 2 is 2.11 bits per heavy atom. The van der Waals surface area contributed by atoms with Gasteiger partial charge in [-0.2, -0.15) is 0 Å². The molecule has 0 spiro atoms. The Bertz CT molecular complexity index is 698. The van der Waals surface area contributed by atoms with Crippen molar-refractivity contribution in [2.24, 2.45) is 0 Å². The molecule has 27 heavy (non-hydrogen) atoms. The van der Waals surface area contributed by atoms with Crippen molar-refractivity contribution in [3.63, 3.8) is 0 Å². The van der Waals surface area contributed by atoms with Gasteiger partial charge in [-0.15, -0.1) is 11.3 Å². The SMILES string of the molecule is COCC(=O)N1CCC[C@H](NC(=O)c2nc3c(s2)CN(C(C)(C)C)CC3)C1. The van der Waals surface area contributed by atoms with E-state index >= 15 is 0 Å². The molecule has 0 aliphatic carbocycles. The molecule has 1 N–H and O–H groups in total. The maximum atomic E-state index is 12.7. The number of methoxy groups -OCH3 is 1. The fraction of sp³-hybridized carbons (Fsp3) is 0.737. The number of piperidine rings is 1. The maximum Gasteiger partial charge on any atom is 0.280 e. The van der Waals surface area contributed by atoms with Crippen LogP contribution in [-0.4, -0.2) is 71.5 Å². The first kappa shape index (κ1) is 20.2. The van der Waals surface area contributed by atoms with E-state index in [9.17, 15) is 9.59 Å². The van der Waals surface area contributed by atoms with Crippen molar-refractivity contribution < 1.29 is 14.3 Å². The molecule has 1 aromatic heterocycles. The van der Waals surface area contributed by atoms with Crippen LogP contribution in [0.4, 0.5) is 0 Å². The van der Waals surface area contributed by atoms with Gasteiger partial charge >= 0.3 is 0 Å². The number of amides is 2. The predicted octanol–water partition coefficient (Wildman–Crippen LogP) is 1.67. The third kappa shape index (κ3) is 4.86. The second kappa shape index (κ2) is 8.24. The van der Waals surface area contributed by atoms with Gasteiger partial charge in [0.15, 0.2) is 5.01 Å². The highest BCUT2D eigenvalue weighted by Crippen LogP contribution is 2.29. The van der Waals surface area contributed by atoms with E-state index in [0.717, 1.165) is 44.6 Å². The molecule has 0 radical (unpaired) electrons. The zero-order chi connectivity index (χ0) is 19.6. The number of hydrogen-bond donors (Lipinski definition) is 1. The fourth-order valence-electron chi connectivity index (χ4n) is 3.65. The van der Waals surface area contributed by atoms with Crippen molar-refractivity contribution in [2.45, 2.75) is 58.2 Å². The van der Waals surface area contributed by atoms with Crippen LogP contribution in [0.5, 0.6) is 0 Å². The van der Waals surface area contributed by atoms with Gasteiger partial charge in [0.1, 0.15) is 6.61 Å². The summed E-state index contributed by atoms with van der Waals surface area (Å²) in [5.74, 6) is -0.147. The lowest BCUT2D eigenvalue weighted by atomic mass is 10.0. The van der Waals surface area contributed by atoms with E-state index < -0.39 is 0 Å². The number of thiazole rings is 1. The molecular formula is C19H30N4O3S. The zero-order valence-corrected chi connectivity index (χ0v) is 17.5. The van der Waals surface area contributed by atoms with E-state index in [4.69, 9.17) is 4.74 Å². The van der Waals surface area contributed by atoms with Crippen LogP contribution in [0.1, 0.15) is 54.0 Å². The lowest BCUT2D eigenvalue weighted by molar-refractivity contribution is -0.136. The van der Waals surface area contributed by atoms with Gasteiger partial charge in [0.25, 0.3) is 5.91 Å². The molecule has 0 unspecified atom stereocenters. The first-order valence-electron chi connectivity index (χ1n) is 9.59. The van der Waals surface area contributed by atoms with Crippen LogP contribution in [0.3, 0.4) is 0 Å². The summed E-state index contributed by atoms with van der Waals surface area (Å²) < 4.78 is 4.93. The molecule has 1 aromatic rings. The van der Waals surface area contributed by atoms with Crippen LogP contribution in [0.25, 0.3) is 0 Å². The van der Waals surface area contributed by atoms with Gasteiger partial charge in [0.2, 0.25) is 5.91 Å². The number of ether oxygens (including phenoxy) is 1. The topological polar surface area (TPSA) is 74.8 Å². The minimum Gasteiger partial charge on any atom is -0.375 e. The normalized spacial score (nSPS) is 21.0. The number of rotatable bonds is 4. The van der Waals surface area contributed by atoms with Gasteiger partial charge < -0.3 is 15.0 Å². The minimum absolute atomic E-state index is 0.0246. The van der Waals surface area contributed by atoms with Crippen LogP contribution < -0.4 is 5.32 Å². The molecule has 8 heteroatoms. The van der Waals surface area contributed by atoms with Crippen LogP contribution in [0.2, 0.25) is 0 Å². The molecule has 2 amide bonds. The van der Waals surface area contributed by atoms with Crippen molar-refractivity contribution in [3.05, 3.63) is 15.6 Å². The third-order valence-electron chi connectivity index (χ3n) is 5.25. The molecule has 2 aliphatic heterocycles. The Morgan fingerprint density at radius 1 is 1.33 bits per heavy atom. The average molecular weight is 395 g/mol. The summed E-state index contributed by atoms with van der Waals surface area (Å²) >= 11 is 1.50. The summed E-state index contributed by atoms with van der Waals surface area (Å²) in [5.41, 5.74) is 1.18. The molecule has 3 rings (SSSR count). The Labute approximate surface area is 165 Å². The van der Waals surface area contributed by atoms with Crippen LogP contribution in [-0.2, 0) is 22.5 Å². The van der Waals surface area contributed by atoms with Crippen molar-refractivity contribution in [2.75, 3.05) is 33.4 Å². The summed E-state index contributed by atoms with van der Waals surface area (Å²) in [6, 6.07) is -0.0287. The molecule has 150 valence electrons. The number of carbonyl (C=O) groups is 2. The molecule has 3 heterocycles. The van der Waals surface area contributed by atoms with E-state index in [2.05, 4.69) is 36.0 Å². The quantitative estimate of drug-likeness (QED) is 0.841. The lowest BCUT2D eigenvalue weighted by Gasteiger charge is -2.37. The summed E-state index contributed by atoms with van der Waals surface area (Å²) in [6.07, 6.45) is 2.65. The smallest absolute Gasteiger partial charge is 0.280 e. The minimum atomic E-state index is -0.122. The molecular weight excluding hydrogens is 364 g/mol. The highest BCUT2D eigenvalue weighted by molar-refractivity contribution is 7.13. The van der Waals surface area contributed by atoms with Crippen molar-refractivity contribution in [1.82, 2.24) is 20.1 Å². The molecule has 0 aromatic carbocycles. The van der Waals surface area contributed by atoms with E-state index in [-0.39, 0.29) is 30.0 Å². The molecule has 2 aliphatic rings. The summed E-state index contributed by atoms with van der Waals surface area (Å²) in [7, 11) is 1.52. The number of fused-ring (bicyclic) bond motifs is 1. The number of hydrogen-bond acceptors (Lipinski definition) is 6. The summed E-state index contributed by atoms with van der Waals surface area (Å²) in [4.78, 5) is 34.7. The Kier molecular flexibility index (Phi) is 6.18. The Morgan fingerprint density at radius 3 is 2.81 bits per heavy atom. The number of nitrogens with one attached hydrogen (secondary N) is 1. The van der Waals surface area contributed by atoms with Crippen molar-refractivity contribution in [1.29, 1.82) is 0 Å². The van der Waals surface area contributed by atoms with Gasteiger partial charge in [-0.1, -0.05) is 0 Å². The Hall–Kier alpha value is -1.51. The second-order valence-electron chi connectivity index (χ2n) is 8.32. The van der Waals surface area contributed by atoms with Gasteiger partial charge in [-0.3, -0.25) is 14.5 Å². The molecule has 0 bridgehead atoms. The second-order valence-corrected chi connectivity index (χ2v) is 9.40. The molecule has 1 fully saturated rings. The van der Waals surface area contributed by atoms with Crippen LogP contribution in [0.15, 0.2) is 0 Å². The average Bonchev–Trinajstić information content (AvgIpc) is 3.05. The molecule has 7 nitrogen and oxygen atoms in total. The number of carbonyl (C=O) groups excluding carboxylic acids is 2. The van der Waals surface area contributed by atoms with Gasteiger partial charge in [-0.25, -0.2) is 4.98 Å². The monoisotopic (exact) mass is 394 g/mol. The predicted molar refractivity (Wildman–Crippen MR) is 105 cm³/mol. The van der Waals surface area contributed by atoms with Gasteiger partial charge in [-0.05, 0) is 33.6 Å². The van der Waals surface area contributed by atoms with E-state index in [1.54, 1.807) is 4.90 Å². The van der Waals surface area contributed by atoms with E-state index in [1.807, 2.05) is 0 Å². The first-order chi connectivity index (χ1) is 12.8. The van der Waals surface area contributed by atoms with E-state index in [1.165, 1.54) is 23.3 Å². The number of nitrogens with zero attached hydrogens (tertiary/aromatic N) is 3. The molecule has 1 saturated heterocycles. The number of aromatic nitrogens is 1. The lowest BCUT2D eigenvalue weighted by Crippen LogP contribution is -2.50. The highest BCUT2D eigenvalue weighted by atomic mass is 32.1.